The van der Waals surface area contributed by atoms with Crippen molar-refractivity contribution >= 4 is 23.4 Å². The van der Waals surface area contributed by atoms with Crippen molar-refractivity contribution in [1.82, 2.24) is 4.90 Å². The van der Waals surface area contributed by atoms with E-state index in [-0.39, 0.29) is 29.7 Å². The standard InChI is InChI=1S/C29H32N2O5/c1-18-10-12-21(26-25(18)28(33)31(29(26)34)20-7-3-2-4-8-20)27(32)30-14-5-9-22(30)19-11-13-23-24(17-19)36-16-6-15-35-23/h2-4,7-8,11,13,17-18,21-22,25-26H,5-6,9-10,12,14-16H2,1H3/t18-,21+,22-,25-,26+/m1/s1. The van der Waals surface area contributed by atoms with Crippen molar-refractivity contribution in [3.8, 4) is 11.5 Å². The quantitative estimate of drug-likeness (QED) is 0.600. The third-order valence-electron chi connectivity index (χ3n) is 8.40. The van der Waals surface area contributed by atoms with Crippen LogP contribution in [0.1, 0.15) is 50.6 Å². The molecule has 2 saturated heterocycles. The highest BCUT2D eigenvalue weighted by Gasteiger charge is 2.57. The molecule has 1 saturated carbocycles. The number of rotatable bonds is 3. The number of carbonyl (C=O) groups is 3. The van der Waals surface area contributed by atoms with E-state index in [2.05, 4.69) is 0 Å². The Balaban J connectivity index is 1.28. The van der Waals surface area contributed by atoms with Crippen molar-refractivity contribution in [2.75, 3.05) is 24.7 Å². The van der Waals surface area contributed by atoms with Gasteiger partial charge in [0.2, 0.25) is 17.7 Å². The number of carbonyl (C=O) groups excluding carboxylic acids is 3. The molecule has 6 rings (SSSR count). The van der Waals surface area contributed by atoms with Gasteiger partial charge in [-0.05, 0) is 61.4 Å². The molecule has 188 valence electrons. The maximum Gasteiger partial charge on any atom is 0.238 e. The fraction of sp³-hybridized carbons (Fsp3) is 0.483. The Kier molecular flexibility index (Phi) is 5.94. The van der Waals surface area contributed by atoms with Crippen LogP contribution < -0.4 is 14.4 Å². The lowest BCUT2D eigenvalue weighted by molar-refractivity contribution is -0.145. The van der Waals surface area contributed by atoms with Gasteiger partial charge >= 0.3 is 0 Å². The van der Waals surface area contributed by atoms with E-state index in [4.69, 9.17) is 9.47 Å². The molecule has 7 nitrogen and oxygen atoms in total. The number of nitrogens with zero attached hydrogens (tertiary/aromatic N) is 2. The summed E-state index contributed by atoms with van der Waals surface area (Å²) >= 11 is 0. The normalized spacial score (nSPS) is 29.8. The summed E-state index contributed by atoms with van der Waals surface area (Å²) in [7, 11) is 0. The van der Waals surface area contributed by atoms with Crippen molar-refractivity contribution < 1.29 is 23.9 Å². The molecule has 0 radical (unpaired) electrons. The number of hydrogen-bond acceptors (Lipinski definition) is 5. The number of hydrogen-bond donors (Lipinski definition) is 0. The predicted molar refractivity (Wildman–Crippen MR) is 134 cm³/mol. The van der Waals surface area contributed by atoms with Gasteiger partial charge in [-0.3, -0.25) is 19.3 Å². The molecule has 0 N–H and O–H groups in total. The summed E-state index contributed by atoms with van der Waals surface area (Å²) in [5.41, 5.74) is 1.62. The molecule has 36 heavy (non-hydrogen) atoms. The van der Waals surface area contributed by atoms with Gasteiger partial charge in [0, 0.05) is 13.0 Å². The summed E-state index contributed by atoms with van der Waals surface area (Å²) < 4.78 is 11.7. The fourth-order valence-corrected chi connectivity index (χ4v) is 6.62. The minimum absolute atomic E-state index is 0.00238. The van der Waals surface area contributed by atoms with Crippen LogP contribution in [-0.4, -0.2) is 42.4 Å². The van der Waals surface area contributed by atoms with Crippen LogP contribution in [0.25, 0.3) is 0 Å². The van der Waals surface area contributed by atoms with Crippen LogP contribution in [0.4, 0.5) is 5.69 Å². The molecule has 4 aliphatic rings. The van der Waals surface area contributed by atoms with Crippen molar-refractivity contribution in [2.45, 2.75) is 45.1 Å². The van der Waals surface area contributed by atoms with Gasteiger partial charge in [0.05, 0.1) is 42.7 Å². The van der Waals surface area contributed by atoms with Gasteiger partial charge < -0.3 is 14.4 Å². The van der Waals surface area contributed by atoms with E-state index < -0.39 is 17.8 Å². The zero-order valence-corrected chi connectivity index (χ0v) is 20.6. The molecular formula is C29H32N2O5. The van der Waals surface area contributed by atoms with Gasteiger partial charge in [-0.2, -0.15) is 0 Å². The first-order valence-corrected chi connectivity index (χ1v) is 13.2. The number of benzene rings is 2. The maximum atomic E-state index is 14.1. The van der Waals surface area contributed by atoms with Crippen LogP contribution in [0.3, 0.4) is 0 Å². The fourth-order valence-electron chi connectivity index (χ4n) is 6.62. The van der Waals surface area contributed by atoms with Gasteiger partial charge in [-0.1, -0.05) is 31.2 Å². The van der Waals surface area contributed by atoms with E-state index in [1.807, 2.05) is 48.2 Å². The number of likely N-dealkylation sites (tertiary alicyclic amines) is 1. The number of imide groups is 1. The zero-order valence-electron chi connectivity index (χ0n) is 20.6. The maximum absolute atomic E-state index is 14.1. The van der Waals surface area contributed by atoms with E-state index in [1.165, 1.54) is 4.90 Å². The molecule has 3 fully saturated rings. The summed E-state index contributed by atoms with van der Waals surface area (Å²) in [5.74, 6) is -0.369. The van der Waals surface area contributed by atoms with Crippen molar-refractivity contribution in [2.24, 2.45) is 23.7 Å². The lowest BCUT2D eigenvalue weighted by Crippen LogP contribution is -2.45. The van der Waals surface area contributed by atoms with Crippen LogP contribution in [0, 0.1) is 23.7 Å². The van der Waals surface area contributed by atoms with E-state index >= 15 is 0 Å². The summed E-state index contributed by atoms with van der Waals surface area (Å²) in [5, 5.41) is 0. The predicted octanol–water partition coefficient (Wildman–Crippen LogP) is 4.36. The Labute approximate surface area is 211 Å². The first kappa shape index (κ1) is 23.1. The molecule has 5 atom stereocenters. The lowest BCUT2D eigenvalue weighted by atomic mass is 9.67. The second kappa shape index (κ2) is 9.26. The molecule has 2 aromatic carbocycles. The minimum Gasteiger partial charge on any atom is -0.490 e. The zero-order chi connectivity index (χ0) is 24.8. The van der Waals surface area contributed by atoms with Crippen LogP contribution in [-0.2, 0) is 14.4 Å². The number of ether oxygens (including phenoxy) is 2. The van der Waals surface area contributed by atoms with Gasteiger partial charge in [-0.25, -0.2) is 0 Å². The van der Waals surface area contributed by atoms with Gasteiger partial charge in [0.25, 0.3) is 0 Å². The molecule has 2 aromatic rings. The summed E-state index contributed by atoms with van der Waals surface area (Å²) in [6, 6.07) is 15.0. The average molecular weight is 489 g/mol. The van der Waals surface area contributed by atoms with Crippen LogP contribution in [0.5, 0.6) is 11.5 Å². The van der Waals surface area contributed by atoms with E-state index in [0.717, 1.165) is 42.7 Å². The molecule has 0 unspecified atom stereocenters. The van der Waals surface area contributed by atoms with Gasteiger partial charge in [0.1, 0.15) is 0 Å². The van der Waals surface area contributed by atoms with Gasteiger partial charge in [0.15, 0.2) is 11.5 Å². The number of para-hydroxylation sites is 1. The first-order chi connectivity index (χ1) is 17.5. The minimum atomic E-state index is -0.598. The molecular weight excluding hydrogens is 456 g/mol. The summed E-state index contributed by atoms with van der Waals surface area (Å²) in [4.78, 5) is 44.5. The molecule has 0 aromatic heterocycles. The molecule has 3 amide bonds. The van der Waals surface area contributed by atoms with Crippen LogP contribution in [0.15, 0.2) is 48.5 Å². The second-order valence-corrected chi connectivity index (χ2v) is 10.5. The highest BCUT2D eigenvalue weighted by Crippen LogP contribution is 2.48. The SMILES string of the molecule is C[C@@H]1CC[C@H](C(=O)N2CCC[C@@H]2c2ccc3c(c2)OCCCO3)[C@@H]2C(=O)N(c3ccccc3)C(=O)[C@@H]21. The van der Waals surface area contributed by atoms with Crippen molar-refractivity contribution in [1.29, 1.82) is 0 Å². The number of amides is 3. The highest BCUT2D eigenvalue weighted by atomic mass is 16.5. The Bertz CT molecular complexity index is 1180. The first-order valence-electron chi connectivity index (χ1n) is 13.2. The van der Waals surface area contributed by atoms with Crippen LogP contribution in [0.2, 0.25) is 0 Å². The third-order valence-corrected chi connectivity index (χ3v) is 8.40. The Morgan fingerprint density at radius 1 is 0.861 bits per heavy atom. The molecule has 7 heteroatoms. The molecule has 0 spiro atoms. The van der Waals surface area contributed by atoms with E-state index in [9.17, 15) is 14.4 Å². The third kappa shape index (κ3) is 3.76. The summed E-state index contributed by atoms with van der Waals surface area (Å²) in [6.45, 7) is 3.94. The highest BCUT2D eigenvalue weighted by molar-refractivity contribution is 6.23. The number of anilines is 1. The Hall–Kier alpha value is -3.35. The molecule has 1 aliphatic carbocycles. The molecule has 3 aliphatic heterocycles. The van der Waals surface area contributed by atoms with Crippen molar-refractivity contribution in [3.63, 3.8) is 0 Å². The Morgan fingerprint density at radius 3 is 2.42 bits per heavy atom. The summed E-state index contributed by atoms with van der Waals surface area (Å²) in [6.07, 6.45) is 4.01. The van der Waals surface area contributed by atoms with E-state index in [1.54, 1.807) is 12.1 Å². The molecule has 0 bridgehead atoms. The smallest absolute Gasteiger partial charge is 0.238 e. The Morgan fingerprint density at radius 2 is 1.61 bits per heavy atom. The average Bonchev–Trinajstić information content (AvgIpc) is 3.39. The lowest BCUT2D eigenvalue weighted by Gasteiger charge is -2.37. The monoisotopic (exact) mass is 488 g/mol. The van der Waals surface area contributed by atoms with E-state index in [0.29, 0.717) is 31.9 Å². The topological polar surface area (TPSA) is 76.2 Å². The van der Waals surface area contributed by atoms with Crippen LogP contribution >= 0.6 is 0 Å². The van der Waals surface area contributed by atoms with Gasteiger partial charge in [-0.15, -0.1) is 0 Å². The second-order valence-electron chi connectivity index (χ2n) is 10.5. The largest absolute Gasteiger partial charge is 0.490 e. The van der Waals surface area contributed by atoms with Crippen molar-refractivity contribution in [3.05, 3.63) is 54.1 Å². The molecule has 3 heterocycles. The number of fused-ring (bicyclic) bond motifs is 2.